The third-order valence-electron chi connectivity index (χ3n) is 3.68. The Kier molecular flexibility index (Phi) is 3.93. The summed E-state index contributed by atoms with van der Waals surface area (Å²) in [7, 11) is 0. The minimum atomic E-state index is -0.326. The molecule has 1 heterocycles. The number of hydrogen-bond acceptors (Lipinski definition) is 3. The Morgan fingerprint density at radius 2 is 1.52 bits per heavy atom. The van der Waals surface area contributed by atoms with E-state index in [2.05, 4.69) is 5.32 Å². The summed E-state index contributed by atoms with van der Waals surface area (Å²) in [5.74, 6) is -0.706. The Morgan fingerprint density at radius 3 is 2.04 bits per heavy atom. The topological polar surface area (TPSA) is 66.5 Å². The number of amides is 3. The van der Waals surface area contributed by atoms with Gasteiger partial charge in [0.2, 0.25) is 5.91 Å². The van der Waals surface area contributed by atoms with Crippen molar-refractivity contribution in [3.63, 3.8) is 0 Å². The summed E-state index contributed by atoms with van der Waals surface area (Å²) in [6.45, 7) is 1.94. The number of anilines is 2. The van der Waals surface area contributed by atoms with Crippen LogP contribution in [0.15, 0.2) is 48.5 Å². The Balaban J connectivity index is 1.82. The highest BCUT2D eigenvalue weighted by Crippen LogP contribution is 2.28. The first kappa shape index (κ1) is 15.0. The first-order valence-corrected chi connectivity index (χ1v) is 7.49. The molecule has 0 fully saturated rings. The van der Waals surface area contributed by atoms with Crippen LogP contribution >= 0.6 is 0 Å². The van der Waals surface area contributed by atoms with Crippen molar-refractivity contribution < 1.29 is 14.4 Å². The average Bonchev–Trinajstić information content (AvgIpc) is 2.81. The highest BCUT2D eigenvalue weighted by atomic mass is 16.2. The monoisotopic (exact) mass is 308 g/mol. The molecule has 0 unspecified atom stereocenters. The number of carbonyl (C=O) groups is 3. The quantitative estimate of drug-likeness (QED) is 0.882. The molecule has 2 aromatic carbocycles. The third kappa shape index (κ3) is 2.73. The van der Waals surface area contributed by atoms with Crippen LogP contribution in [0.4, 0.5) is 11.4 Å². The Hall–Kier alpha value is -2.95. The summed E-state index contributed by atoms with van der Waals surface area (Å²) in [4.78, 5) is 37.5. The number of imide groups is 1. The van der Waals surface area contributed by atoms with E-state index in [1.165, 1.54) is 0 Å². The Morgan fingerprint density at radius 1 is 0.957 bits per heavy atom. The number of hydrogen-bond donors (Lipinski definition) is 1. The zero-order valence-electron chi connectivity index (χ0n) is 12.7. The molecule has 0 aromatic heterocycles. The molecule has 0 saturated heterocycles. The zero-order chi connectivity index (χ0) is 16.4. The molecule has 2 aromatic rings. The van der Waals surface area contributed by atoms with Gasteiger partial charge in [-0.3, -0.25) is 14.4 Å². The lowest BCUT2D eigenvalue weighted by Crippen LogP contribution is -2.29. The van der Waals surface area contributed by atoms with E-state index in [1.807, 2.05) is 6.92 Å². The van der Waals surface area contributed by atoms with Crippen LogP contribution in [0.2, 0.25) is 0 Å². The van der Waals surface area contributed by atoms with Crippen LogP contribution < -0.4 is 10.2 Å². The van der Waals surface area contributed by atoms with Crippen LogP contribution in [-0.4, -0.2) is 17.7 Å². The minimum Gasteiger partial charge on any atom is -0.326 e. The number of nitrogens with zero attached hydrogens (tertiary/aromatic N) is 1. The summed E-state index contributed by atoms with van der Waals surface area (Å²) >= 11 is 0. The Bertz CT molecular complexity index is 746. The van der Waals surface area contributed by atoms with Crippen molar-refractivity contribution in [2.45, 2.75) is 19.8 Å². The van der Waals surface area contributed by atoms with E-state index < -0.39 is 0 Å². The van der Waals surface area contributed by atoms with Gasteiger partial charge in [-0.2, -0.15) is 0 Å². The second kappa shape index (κ2) is 6.04. The van der Waals surface area contributed by atoms with Crippen LogP contribution in [0, 0.1) is 0 Å². The van der Waals surface area contributed by atoms with Gasteiger partial charge in [0.25, 0.3) is 11.8 Å². The lowest BCUT2D eigenvalue weighted by molar-refractivity contribution is -0.116. The van der Waals surface area contributed by atoms with E-state index in [4.69, 9.17) is 0 Å². The fraction of sp³-hybridized carbons (Fsp3) is 0.167. The van der Waals surface area contributed by atoms with Gasteiger partial charge in [0.15, 0.2) is 0 Å². The fourth-order valence-corrected chi connectivity index (χ4v) is 2.57. The summed E-state index contributed by atoms with van der Waals surface area (Å²) in [6.07, 6.45) is 1.24. The van der Waals surface area contributed by atoms with Crippen LogP contribution in [0.5, 0.6) is 0 Å². The van der Waals surface area contributed by atoms with Crippen molar-refractivity contribution >= 4 is 29.1 Å². The second-order valence-corrected chi connectivity index (χ2v) is 5.34. The average molecular weight is 308 g/mol. The van der Waals surface area contributed by atoms with E-state index in [0.717, 1.165) is 11.3 Å². The van der Waals surface area contributed by atoms with Gasteiger partial charge in [0.1, 0.15) is 0 Å². The van der Waals surface area contributed by atoms with E-state index >= 15 is 0 Å². The summed E-state index contributed by atoms with van der Waals surface area (Å²) in [5.41, 5.74) is 1.96. The number of nitrogens with one attached hydrogen (secondary N) is 1. The summed E-state index contributed by atoms with van der Waals surface area (Å²) in [5, 5.41) is 2.77. The van der Waals surface area contributed by atoms with Crippen molar-refractivity contribution in [2.75, 3.05) is 10.2 Å². The van der Waals surface area contributed by atoms with E-state index in [-0.39, 0.29) is 17.7 Å². The van der Waals surface area contributed by atoms with Gasteiger partial charge in [0, 0.05) is 12.1 Å². The van der Waals surface area contributed by atoms with Crippen LogP contribution in [0.3, 0.4) is 0 Å². The van der Waals surface area contributed by atoms with Gasteiger partial charge in [-0.1, -0.05) is 19.1 Å². The zero-order valence-corrected chi connectivity index (χ0v) is 12.7. The maximum absolute atomic E-state index is 12.4. The van der Waals surface area contributed by atoms with E-state index in [1.54, 1.807) is 48.5 Å². The van der Waals surface area contributed by atoms with Gasteiger partial charge in [-0.25, -0.2) is 4.90 Å². The molecule has 5 heteroatoms. The molecule has 1 aliphatic rings. The summed E-state index contributed by atoms with van der Waals surface area (Å²) < 4.78 is 0. The molecule has 1 aliphatic heterocycles. The number of carbonyl (C=O) groups excluding carboxylic acids is 3. The lowest BCUT2D eigenvalue weighted by Gasteiger charge is -2.14. The maximum Gasteiger partial charge on any atom is 0.266 e. The smallest absolute Gasteiger partial charge is 0.266 e. The summed E-state index contributed by atoms with van der Waals surface area (Å²) in [6, 6.07) is 13.5. The van der Waals surface area contributed by atoms with Crippen molar-refractivity contribution in [2.24, 2.45) is 0 Å². The molecular formula is C18H16N2O3. The van der Waals surface area contributed by atoms with Gasteiger partial charge >= 0.3 is 0 Å². The van der Waals surface area contributed by atoms with E-state index in [9.17, 15) is 14.4 Å². The standard InChI is InChI=1S/C18H16N2O3/c1-2-5-16(21)19-12-8-10-13(11-9-12)20-17(22)14-6-3-4-7-15(14)18(20)23/h3-4,6-11H,2,5H2,1H3,(H,19,21). The number of benzene rings is 2. The molecule has 3 rings (SSSR count). The van der Waals surface area contributed by atoms with Crippen molar-refractivity contribution in [3.05, 3.63) is 59.7 Å². The SMILES string of the molecule is CCCC(=O)Nc1ccc(N2C(=O)c3ccccc3C2=O)cc1. The third-order valence-corrected chi connectivity index (χ3v) is 3.68. The van der Waals surface area contributed by atoms with Gasteiger partial charge in [-0.15, -0.1) is 0 Å². The first-order valence-electron chi connectivity index (χ1n) is 7.49. The van der Waals surface area contributed by atoms with Gasteiger partial charge < -0.3 is 5.32 Å². The Labute approximate surface area is 133 Å². The molecule has 0 radical (unpaired) electrons. The number of fused-ring (bicyclic) bond motifs is 1. The van der Waals surface area contributed by atoms with Crippen molar-refractivity contribution in [1.82, 2.24) is 0 Å². The molecule has 0 spiro atoms. The lowest BCUT2D eigenvalue weighted by atomic mass is 10.1. The molecule has 1 N–H and O–H groups in total. The molecule has 0 aliphatic carbocycles. The normalized spacial score (nSPS) is 13.2. The highest BCUT2D eigenvalue weighted by Gasteiger charge is 2.36. The maximum atomic E-state index is 12.4. The minimum absolute atomic E-state index is 0.0546. The molecule has 0 atom stereocenters. The first-order chi connectivity index (χ1) is 11.1. The second-order valence-electron chi connectivity index (χ2n) is 5.34. The predicted molar refractivity (Wildman–Crippen MR) is 87.6 cm³/mol. The highest BCUT2D eigenvalue weighted by molar-refractivity contribution is 6.34. The molecule has 116 valence electrons. The molecule has 0 bridgehead atoms. The molecule has 0 saturated carbocycles. The van der Waals surface area contributed by atoms with Crippen LogP contribution in [-0.2, 0) is 4.79 Å². The molecule has 3 amide bonds. The van der Waals surface area contributed by atoms with Crippen LogP contribution in [0.1, 0.15) is 40.5 Å². The van der Waals surface area contributed by atoms with Gasteiger partial charge in [0.05, 0.1) is 16.8 Å². The van der Waals surface area contributed by atoms with Gasteiger partial charge in [-0.05, 0) is 42.8 Å². The van der Waals surface area contributed by atoms with Crippen LogP contribution in [0.25, 0.3) is 0 Å². The predicted octanol–water partition coefficient (Wildman–Crippen LogP) is 3.23. The van der Waals surface area contributed by atoms with Crippen molar-refractivity contribution in [3.8, 4) is 0 Å². The molecule has 23 heavy (non-hydrogen) atoms. The largest absolute Gasteiger partial charge is 0.326 e. The van der Waals surface area contributed by atoms with Crippen molar-refractivity contribution in [1.29, 1.82) is 0 Å². The molecular weight excluding hydrogens is 292 g/mol. The van der Waals surface area contributed by atoms with E-state index in [0.29, 0.717) is 28.9 Å². The molecule has 5 nitrogen and oxygen atoms in total. The number of rotatable bonds is 4. The fourth-order valence-electron chi connectivity index (χ4n) is 2.57.